The minimum absolute atomic E-state index is 0.372. The third kappa shape index (κ3) is 4.45. The van der Waals surface area contributed by atoms with E-state index in [2.05, 4.69) is 4.90 Å². The van der Waals surface area contributed by atoms with E-state index < -0.39 is 0 Å². The second-order valence-electron chi connectivity index (χ2n) is 6.61. The monoisotopic (exact) mass is 282 g/mol. The van der Waals surface area contributed by atoms with Gasteiger partial charge in [-0.15, -0.1) is 0 Å². The van der Waals surface area contributed by atoms with Crippen molar-refractivity contribution in [3.8, 4) is 0 Å². The summed E-state index contributed by atoms with van der Waals surface area (Å²) in [4.78, 5) is 14.4. The summed E-state index contributed by atoms with van der Waals surface area (Å²) in [5, 5.41) is 0. The number of hydrogen-bond acceptors (Lipinski definition) is 3. The molecule has 0 unspecified atom stereocenters. The number of carbonyl (C=O) groups is 1. The van der Waals surface area contributed by atoms with Crippen LogP contribution in [0.1, 0.15) is 44.9 Å². The Hall–Kier alpha value is -0.610. The fourth-order valence-corrected chi connectivity index (χ4v) is 3.63. The molecule has 0 bridgehead atoms. The number of nitrogens with two attached hydrogens (primary N) is 1. The maximum Gasteiger partial charge on any atom is 0.222 e. The van der Waals surface area contributed by atoms with Crippen LogP contribution in [0, 0.1) is 17.8 Å². The van der Waals surface area contributed by atoms with Crippen LogP contribution in [0.4, 0.5) is 0 Å². The van der Waals surface area contributed by atoms with Gasteiger partial charge in [0.15, 0.2) is 0 Å². The van der Waals surface area contributed by atoms with Crippen molar-refractivity contribution in [1.82, 2.24) is 4.90 Å². The van der Waals surface area contributed by atoms with Gasteiger partial charge in [0.1, 0.15) is 0 Å². The second-order valence-corrected chi connectivity index (χ2v) is 6.61. The summed E-state index contributed by atoms with van der Waals surface area (Å²) in [5.41, 5.74) is 5.72. The number of amides is 1. The average molecular weight is 282 g/mol. The Morgan fingerprint density at radius 3 is 2.20 bits per heavy atom. The summed E-state index contributed by atoms with van der Waals surface area (Å²) < 4.78 is 5.21. The molecule has 2 fully saturated rings. The maximum absolute atomic E-state index is 12.4. The average Bonchev–Trinajstić information content (AvgIpc) is 2.49. The highest BCUT2D eigenvalue weighted by Gasteiger charge is 2.27. The predicted molar refractivity (Wildman–Crippen MR) is 80.3 cm³/mol. The minimum Gasteiger partial charge on any atom is -0.384 e. The molecule has 1 aliphatic carbocycles. The molecule has 4 heteroatoms. The first kappa shape index (κ1) is 15.8. The Morgan fingerprint density at radius 1 is 1.05 bits per heavy atom. The normalized spacial score (nSPS) is 28.6. The minimum atomic E-state index is 0.372. The van der Waals surface area contributed by atoms with Crippen molar-refractivity contribution >= 4 is 5.91 Å². The number of carbonyl (C=O) groups excluding carboxylic acids is 1. The van der Waals surface area contributed by atoms with E-state index in [4.69, 9.17) is 10.5 Å². The van der Waals surface area contributed by atoms with Gasteiger partial charge in [0.05, 0.1) is 0 Å². The van der Waals surface area contributed by atoms with Crippen molar-refractivity contribution in [3.05, 3.63) is 0 Å². The summed E-state index contributed by atoms with van der Waals surface area (Å²) in [6.07, 6.45) is 7.75. The van der Waals surface area contributed by atoms with Crippen molar-refractivity contribution in [3.63, 3.8) is 0 Å². The number of methoxy groups -OCH3 is 1. The van der Waals surface area contributed by atoms with Crippen molar-refractivity contribution in [1.29, 1.82) is 0 Å². The molecule has 116 valence electrons. The standard InChI is InChI=1S/C16H30N2O2/c1-20-12-15-6-8-18(9-7-15)16(19)10-13-2-4-14(11-17)5-3-13/h13-15H,2-12,17H2,1H3. The van der Waals surface area contributed by atoms with Gasteiger partial charge >= 0.3 is 0 Å². The first-order valence-corrected chi connectivity index (χ1v) is 8.19. The Bertz CT molecular complexity index is 293. The van der Waals surface area contributed by atoms with E-state index in [1.54, 1.807) is 7.11 Å². The molecule has 0 spiro atoms. The Labute approximate surface area is 123 Å². The zero-order chi connectivity index (χ0) is 14.4. The van der Waals surface area contributed by atoms with Gasteiger partial charge in [-0.05, 0) is 62.8 Å². The highest BCUT2D eigenvalue weighted by atomic mass is 16.5. The first-order chi connectivity index (χ1) is 9.72. The Morgan fingerprint density at radius 2 is 1.65 bits per heavy atom. The van der Waals surface area contributed by atoms with E-state index in [1.807, 2.05) is 0 Å². The zero-order valence-corrected chi connectivity index (χ0v) is 12.9. The summed E-state index contributed by atoms with van der Waals surface area (Å²) in [7, 11) is 1.76. The van der Waals surface area contributed by atoms with Crippen LogP contribution >= 0.6 is 0 Å². The van der Waals surface area contributed by atoms with Crippen LogP contribution in [0.3, 0.4) is 0 Å². The summed E-state index contributed by atoms with van der Waals surface area (Å²) in [6, 6.07) is 0. The number of piperidine rings is 1. The van der Waals surface area contributed by atoms with Gasteiger partial charge in [0, 0.05) is 33.2 Å². The summed E-state index contributed by atoms with van der Waals surface area (Å²) >= 11 is 0. The van der Waals surface area contributed by atoms with Crippen LogP contribution in [0.2, 0.25) is 0 Å². The third-order valence-electron chi connectivity index (χ3n) is 5.13. The van der Waals surface area contributed by atoms with Crippen molar-refractivity contribution < 1.29 is 9.53 Å². The number of likely N-dealkylation sites (tertiary alicyclic amines) is 1. The zero-order valence-electron chi connectivity index (χ0n) is 12.9. The lowest BCUT2D eigenvalue weighted by Gasteiger charge is -2.34. The SMILES string of the molecule is COCC1CCN(C(=O)CC2CCC(CN)CC2)CC1. The van der Waals surface area contributed by atoms with E-state index in [0.717, 1.165) is 45.5 Å². The van der Waals surface area contributed by atoms with Gasteiger partial charge < -0.3 is 15.4 Å². The molecule has 0 aromatic rings. The Kier molecular flexibility index (Phi) is 6.30. The molecule has 2 aliphatic rings. The lowest BCUT2D eigenvalue weighted by molar-refractivity contribution is -0.134. The topological polar surface area (TPSA) is 55.6 Å². The van der Waals surface area contributed by atoms with Gasteiger partial charge in [0.25, 0.3) is 0 Å². The molecule has 1 amide bonds. The van der Waals surface area contributed by atoms with Gasteiger partial charge in [-0.1, -0.05) is 0 Å². The smallest absolute Gasteiger partial charge is 0.222 e. The van der Waals surface area contributed by atoms with Crippen LogP contribution in [-0.4, -0.2) is 44.2 Å². The third-order valence-corrected chi connectivity index (χ3v) is 5.13. The number of rotatable bonds is 5. The molecule has 0 aromatic heterocycles. The molecule has 0 aromatic carbocycles. The van der Waals surface area contributed by atoms with E-state index in [0.29, 0.717) is 23.7 Å². The quantitative estimate of drug-likeness (QED) is 0.839. The highest BCUT2D eigenvalue weighted by Crippen LogP contribution is 2.31. The van der Waals surface area contributed by atoms with Crippen LogP contribution < -0.4 is 5.73 Å². The molecule has 2 N–H and O–H groups in total. The first-order valence-electron chi connectivity index (χ1n) is 8.19. The van der Waals surface area contributed by atoms with Crippen LogP contribution in [0.15, 0.2) is 0 Å². The predicted octanol–water partition coefficient (Wildman–Crippen LogP) is 2.03. The molecular formula is C16H30N2O2. The maximum atomic E-state index is 12.4. The van der Waals surface area contributed by atoms with Crippen LogP contribution in [0.25, 0.3) is 0 Å². The van der Waals surface area contributed by atoms with Crippen molar-refractivity contribution in [2.45, 2.75) is 44.9 Å². The van der Waals surface area contributed by atoms with Crippen LogP contribution in [-0.2, 0) is 9.53 Å². The van der Waals surface area contributed by atoms with Gasteiger partial charge in [-0.3, -0.25) is 4.79 Å². The molecule has 20 heavy (non-hydrogen) atoms. The largest absolute Gasteiger partial charge is 0.384 e. The van der Waals surface area contributed by atoms with Crippen molar-refractivity contribution in [2.24, 2.45) is 23.5 Å². The molecule has 4 nitrogen and oxygen atoms in total. The fraction of sp³-hybridized carbons (Fsp3) is 0.938. The molecule has 1 saturated carbocycles. The number of hydrogen-bond donors (Lipinski definition) is 1. The molecule has 1 aliphatic heterocycles. The number of ether oxygens (including phenoxy) is 1. The van der Waals surface area contributed by atoms with E-state index >= 15 is 0 Å². The van der Waals surface area contributed by atoms with Crippen LogP contribution in [0.5, 0.6) is 0 Å². The second kappa shape index (κ2) is 7.99. The molecule has 0 radical (unpaired) electrons. The highest BCUT2D eigenvalue weighted by molar-refractivity contribution is 5.76. The van der Waals surface area contributed by atoms with Crippen molar-refractivity contribution in [2.75, 3.05) is 33.4 Å². The summed E-state index contributed by atoms with van der Waals surface area (Å²) in [6.45, 7) is 3.49. The van der Waals surface area contributed by atoms with Gasteiger partial charge in [-0.2, -0.15) is 0 Å². The van der Waals surface area contributed by atoms with Gasteiger partial charge in [-0.25, -0.2) is 0 Å². The Balaban J connectivity index is 1.68. The molecule has 0 atom stereocenters. The molecule has 1 saturated heterocycles. The van der Waals surface area contributed by atoms with Gasteiger partial charge in [0.2, 0.25) is 5.91 Å². The van der Waals surface area contributed by atoms with E-state index in [9.17, 15) is 4.79 Å². The molecule has 1 heterocycles. The van der Waals surface area contributed by atoms with E-state index in [1.165, 1.54) is 25.7 Å². The number of nitrogens with zero attached hydrogens (tertiary/aromatic N) is 1. The molecular weight excluding hydrogens is 252 g/mol. The molecule has 2 rings (SSSR count). The summed E-state index contributed by atoms with van der Waals surface area (Å²) in [5.74, 6) is 2.31. The fourth-order valence-electron chi connectivity index (χ4n) is 3.63. The lowest BCUT2D eigenvalue weighted by Crippen LogP contribution is -2.40. The van der Waals surface area contributed by atoms with E-state index in [-0.39, 0.29) is 0 Å². The lowest BCUT2D eigenvalue weighted by atomic mass is 9.80.